The highest BCUT2D eigenvalue weighted by Crippen LogP contribution is 2.09. The van der Waals surface area contributed by atoms with E-state index in [1.165, 1.54) is 0 Å². The van der Waals surface area contributed by atoms with Crippen LogP contribution >= 0.6 is 0 Å². The van der Waals surface area contributed by atoms with Crippen molar-refractivity contribution in [2.75, 3.05) is 34.2 Å². The number of guanidine groups is 1. The number of nitrogens with one attached hydrogen (secondary N) is 2. The molecule has 0 saturated heterocycles. The fourth-order valence-electron chi connectivity index (χ4n) is 3.69. The summed E-state index contributed by atoms with van der Waals surface area (Å²) in [6.07, 6.45) is 4.62. The first-order valence-corrected chi connectivity index (χ1v) is 10.9. The Morgan fingerprint density at radius 2 is 2.03 bits per heavy atom. The maximum atomic E-state index is 12.4. The van der Waals surface area contributed by atoms with Gasteiger partial charge in [0.25, 0.3) is 5.91 Å². The van der Waals surface area contributed by atoms with E-state index in [-0.39, 0.29) is 11.6 Å². The molecule has 0 fully saturated rings. The summed E-state index contributed by atoms with van der Waals surface area (Å²) in [5.74, 6) is 1.64. The number of nitrogens with zero attached hydrogens (tertiary/aromatic N) is 5. The maximum Gasteiger partial charge on any atom is 0.345 e. The molecule has 9 nitrogen and oxygen atoms in total. The van der Waals surface area contributed by atoms with Gasteiger partial charge in [0, 0.05) is 59.3 Å². The molecule has 0 bridgehead atoms. The number of aromatic nitrogens is 3. The highest BCUT2D eigenvalue weighted by Gasteiger charge is 2.16. The number of fused-ring (bicyclic) bond motifs is 1. The summed E-state index contributed by atoms with van der Waals surface area (Å²) in [4.78, 5) is 30.3. The Bertz CT molecular complexity index is 974. The zero-order valence-electron chi connectivity index (χ0n) is 18.7. The van der Waals surface area contributed by atoms with Crippen LogP contribution in [0.15, 0.2) is 34.1 Å². The molecule has 1 aromatic carbocycles. The molecule has 0 radical (unpaired) electrons. The second kappa shape index (κ2) is 10.8. The molecule has 0 saturated carbocycles. The van der Waals surface area contributed by atoms with E-state index in [0.29, 0.717) is 25.2 Å². The van der Waals surface area contributed by atoms with Crippen molar-refractivity contribution in [3.05, 3.63) is 51.7 Å². The van der Waals surface area contributed by atoms with E-state index in [9.17, 15) is 9.59 Å². The summed E-state index contributed by atoms with van der Waals surface area (Å²) in [6, 6.07) is 7.70. The van der Waals surface area contributed by atoms with Crippen molar-refractivity contribution < 1.29 is 4.79 Å². The van der Waals surface area contributed by atoms with Crippen LogP contribution < -0.4 is 16.3 Å². The number of hydrogen-bond acceptors (Lipinski definition) is 4. The standard InChI is InChI=1S/C22H33N7O2/c1-23-21(25-13-11-17-8-6-9-18(16-17)20(30)27(2)3)24-12-7-15-29-22(31)28-14-5-4-10-19(28)26-29/h6,8-9,16H,4-5,7,10-15H2,1-3H3,(H2,23,24,25). The zero-order chi connectivity index (χ0) is 22.2. The molecule has 2 heterocycles. The molecule has 1 aromatic heterocycles. The average Bonchev–Trinajstić information content (AvgIpc) is 3.10. The Kier molecular flexibility index (Phi) is 7.86. The number of aryl methyl sites for hydroxylation is 2. The Morgan fingerprint density at radius 1 is 1.23 bits per heavy atom. The van der Waals surface area contributed by atoms with E-state index in [1.807, 2.05) is 24.3 Å². The number of amides is 1. The predicted octanol–water partition coefficient (Wildman–Crippen LogP) is 0.881. The fraction of sp³-hybridized carbons (Fsp3) is 0.545. The van der Waals surface area contributed by atoms with E-state index in [2.05, 4.69) is 20.7 Å². The summed E-state index contributed by atoms with van der Waals surface area (Å²) >= 11 is 0. The Labute approximate surface area is 183 Å². The van der Waals surface area contributed by atoms with Gasteiger partial charge in [-0.3, -0.25) is 14.4 Å². The molecule has 2 N–H and O–H groups in total. The molecule has 1 aliphatic rings. The van der Waals surface area contributed by atoms with Crippen molar-refractivity contribution in [1.82, 2.24) is 29.9 Å². The molecule has 0 atom stereocenters. The lowest BCUT2D eigenvalue weighted by Crippen LogP contribution is -2.39. The fourth-order valence-corrected chi connectivity index (χ4v) is 3.69. The van der Waals surface area contributed by atoms with Gasteiger partial charge in [0.2, 0.25) is 0 Å². The monoisotopic (exact) mass is 427 g/mol. The van der Waals surface area contributed by atoms with Gasteiger partial charge in [-0.25, -0.2) is 9.48 Å². The Hall–Kier alpha value is -3.10. The lowest BCUT2D eigenvalue weighted by atomic mass is 10.1. The van der Waals surface area contributed by atoms with Crippen LogP contribution in [0.5, 0.6) is 0 Å². The highest BCUT2D eigenvalue weighted by molar-refractivity contribution is 5.94. The van der Waals surface area contributed by atoms with E-state index < -0.39 is 0 Å². The predicted molar refractivity (Wildman–Crippen MR) is 122 cm³/mol. The van der Waals surface area contributed by atoms with Crippen LogP contribution in [0.1, 0.15) is 41.0 Å². The smallest absolute Gasteiger partial charge is 0.345 e. The molecule has 1 aliphatic heterocycles. The van der Waals surface area contributed by atoms with Gasteiger partial charge in [-0.05, 0) is 43.4 Å². The van der Waals surface area contributed by atoms with Crippen molar-refractivity contribution >= 4 is 11.9 Å². The van der Waals surface area contributed by atoms with Crippen LogP contribution in [0.3, 0.4) is 0 Å². The second-order valence-electron chi connectivity index (χ2n) is 7.96. The number of aliphatic imine (C=N–C) groups is 1. The molecule has 0 spiro atoms. The van der Waals surface area contributed by atoms with Crippen molar-refractivity contribution in [3.8, 4) is 0 Å². The molecular weight excluding hydrogens is 394 g/mol. The van der Waals surface area contributed by atoms with Crippen molar-refractivity contribution in [3.63, 3.8) is 0 Å². The SMILES string of the molecule is CN=C(NCCCn1nc2n(c1=O)CCCC2)NCCc1cccc(C(=O)N(C)C)c1. The summed E-state index contributed by atoms with van der Waals surface area (Å²) in [5.41, 5.74) is 1.80. The number of hydrogen-bond donors (Lipinski definition) is 2. The summed E-state index contributed by atoms with van der Waals surface area (Å²) in [7, 11) is 5.24. The lowest BCUT2D eigenvalue weighted by molar-refractivity contribution is 0.0827. The Morgan fingerprint density at radius 3 is 2.77 bits per heavy atom. The number of rotatable bonds is 8. The van der Waals surface area contributed by atoms with Crippen molar-refractivity contribution in [1.29, 1.82) is 0 Å². The van der Waals surface area contributed by atoms with Gasteiger partial charge in [0.05, 0.1) is 0 Å². The van der Waals surface area contributed by atoms with Gasteiger partial charge >= 0.3 is 5.69 Å². The third-order valence-electron chi connectivity index (χ3n) is 5.38. The van der Waals surface area contributed by atoms with Crippen LogP contribution in [0.2, 0.25) is 0 Å². The number of carbonyl (C=O) groups is 1. The molecule has 2 aromatic rings. The molecule has 3 rings (SSSR count). The number of benzene rings is 1. The minimum absolute atomic E-state index is 0.00459. The molecule has 1 amide bonds. The van der Waals surface area contributed by atoms with Crippen molar-refractivity contribution in [2.24, 2.45) is 4.99 Å². The Balaban J connectivity index is 1.40. The third kappa shape index (κ3) is 5.96. The molecular formula is C22H33N7O2. The zero-order valence-corrected chi connectivity index (χ0v) is 18.7. The third-order valence-corrected chi connectivity index (χ3v) is 5.38. The van der Waals surface area contributed by atoms with E-state index in [0.717, 1.165) is 56.0 Å². The van der Waals surface area contributed by atoms with Gasteiger partial charge in [-0.1, -0.05) is 12.1 Å². The molecule has 31 heavy (non-hydrogen) atoms. The van der Waals surface area contributed by atoms with E-state index >= 15 is 0 Å². The van der Waals surface area contributed by atoms with Crippen LogP contribution in [0, 0.1) is 0 Å². The summed E-state index contributed by atoms with van der Waals surface area (Å²) in [6.45, 7) is 2.78. The summed E-state index contributed by atoms with van der Waals surface area (Å²) < 4.78 is 3.39. The lowest BCUT2D eigenvalue weighted by Gasteiger charge is -2.13. The van der Waals surface area contributed by atoms with Gasteiger partial charge in [-0.15, -0.1) is 0 Å². The first kappa shape index (κ1) is 22.6. The van der Waals surface area contributed by atoms with Crippen molar-refractivity contribution in [2.45, 2.75) is 45.2 Å². The minimum atomic E-state index is 0.00459. The molecule has 9 heteroatoms. The maximum absolute atomic E-state index is 12.4. The first-order valence-electron chi connectivity index (χ1n) is 10.9. The molecule has 168 valence electrons. The number of carbonyl (C=O) groups excluding carboxylic acids is 1. The minimum Gasteiger partial charge on any atom is -0.356 e. The summed E-state index contributed by atoms with van der Waals surface area (Å²) in [5, 5.41) is 11.0. The van der Waals surface area contributed by atoms with Crippen LogP contribution in [-0.4, -0.2) is 65.3 Å². The second-order valence-corrected chi connectivity index (χ2v) is 7.96. The van der Waals surface area contributed by atoms with Gasteiger partial charge in [-0.2, -0.15) is 5.10 Å². The van der Waals surface area contributed by atoms with Crippen LogP contribution in [0.25, 0.3) is 0 Å². The van der Waals surface area contributed by atoms with Gasteiger partial charge < -0.3 is 15.5 Å². The largest absolute Gasteiger partial charge is 0.356 e. The van der Waals surface area contributed by atoms with E-state index in [1.54, 1.807) is 35.3 Å². The topological polar surface area (TPSA) is 96.5 Å². The van der Waals surface area contributed by atoms with Gasteiger partial charge in [0.1, 0.15) is 5.82 Å². The average molecular weight is 428 g/mol. The molecule has 0 unspecified atom stereocenters. The first-order chi connectivity index (χ1) is 15.0. The highest BCUT2D eigenvalue weighted by atomic mass is 16.2. The molecule has 0 aliphatic carbocycles. The van der Waals surface area contributed by atoms with E-state index in [4.69, 9.17) is 0 Å². The van der Waals surface area contributed by atoms with Crippen LogP contribution in [-0.2, 0) is 25.9 Å². The van der Waals surface area contributed by atoms with Gasteiger partial charge in [0.15, 0.2) is 5.96 Å². The van der Waals surface area contributed by atoms with Crippen LogP contribution in [0.4, 0.5) is 0 Å². The normalized spacial score (nSPS) is 13.6. The quantitative estimate of drug-likeness (QED) is 0.370.